The number of nitrogens with one attached hydrogen (secondary N) is 1. The Bertz CT molecular complexity index is 236. The lowest BCUT2D eigenvalue weighted by molar-refractivity contribution is -0.106. The van der Waals surface area contributed by atoms with Gasteiger partial charge in [0.05, 0.1) is 0 Å². The van der Waals surface area contributed by atoms with Crippen molar-refractivity contribution in [1.29, 1.82) is 0 Å². The second kappa shape index (κ2) is 7.31. The zero-order chi connectivity index (χ0) is 10.1. The van der Waals surface area contributed by atoms with Crippen LogP contribution in [-0.2, 0) is 4.79 Å². The van der Waals surface area contributed by atoms with Crippen molar-refractivity contribution in [2.45, 2.75) is 13.8 Å². The Morgan fingerprint density at radius 2 is 1.92 bits per heavy atom. The van der Waals surface area contributed by atoms with E-state index in [1.807, 2.05) is 31.2 Å². The van der Waals surface area contributed by atoms with Gasteiger partial charge in [-0.3, -0.25) is 0 Å². The molecule has 0 saturated heterocycles. The van der Waals surface area contributed by atoms with Crippen LogP contribution >= 0.6 is 0 Å². The zero-order valence-corrected chi connectivity index (χ0v) is 7.95. The molecule has 0 unspecified atom stereocenters. The maximum atomic E-state index is 8.81. The number of carbonyl (C=O) groups excluding carboxylic acids is 1. The second-order valence-corrected chi connectivity index (χ2v) is 2.44. The average molecular weight is 183 g/mol. The molecular weight excluding hydrogens is 166 g/mol. The minimum atomic E-state index is -0.0109. The van der Waals surface area contributed by atoms with Crippen LogP contribution in [0.5, 0.6) is 0 Å². The van der Waals surface area contributed by atoms with E-state index in [9.17, 15) is 0 Å². The van der Waals surface area contributed by atoms with Gasteiger partial charge in [-0.05, 0) is 26.0 Å². The van der Waals surface area contributed by atoms with E-state index in [4.69, 9.17) is 9.90 Å². The summed E-state index contributed by atoms with van der Waals surface area (Å²) in [6, 6.07) is 7.87. The smallest absolute Gasteiger partial charge is 0.116 e. The van der Waals surface area contributed by atoms with Gasteiger partial charge >= 0.3 is 0 Å². The Hall–Kier alpha value is -1.35. The molecule has 0 spiro atoms. The van der Waals surface area contributed by atoms with E-state index in [0.717, 1.165) is 12.0 Å². The molecule has 1 aromatic carbocycles. The zero-order valence-electron chi connectivity index (χ0n) is 7.95. The van der Waals surface area contributed by atoms with E-state index in [-0.39, 0.29) is 8.16 Å². The highest BCUT2D eigenvalue weighted by atomic mass is 16.3. The maximum absolute atomic E-state index is 8.81. The molecule has 0 amide bonds. The number of rotatable bonds is 2. The van der Waals surface area contributed by atoms with Gasteiger partial charge in [-0.2, -0.15) is 0 Å². The number of benzene rings is 1. The summed E-state index contributed by atoms with van der Waals surface area (Å²) in [5, 5.41) is 11.3. The minimum Gasteiger partial charge on any atom is -0.377 e. The van der Waals surface area contributed by atoms with Crippen LogP contribution in [0.1, 0.15) is 13.9 Å². The predicted octanol–water partition coefficient (Wildman–Crippen LogP) is 1.81. The first-order valence-electron chi connectivity index (χ1n) is 4.05. The topological polar surface area (TPSA) is 49.3 Å². The van der Waals surface area contributed by atoms with Crippen molar-refractivity contribution < 1.29 is 11.3 Å². The molecule has 0 aliphatic heterocycles. The van der Waals surface area contributed by atoms with Crippen LogP contribution in [0.25, 0.3) is 0 Å². The monoisotopic (exact) mass is 183 g/mol. The SMILES string of the molecule is CC=O.Cc1ccc(NCO)cc1.[HH]. The molecule has 3 heteroatoms. The number of aliphatic hydroxyl groups is 1. The van der Waals surface area contributed by atoms with Crippen molar-refractivity contribution in [3.63, 3.8) is 0 Å². The third kappa shape index (κ3) is 5.87. The van der Waals surface area contributed by atoms with Crippen molar-refractivity contribution in [3.05, 3.63) is 29.8 Å². The number of anilines is 1. The van der Waals surface area contributed by atoms with Crippen LogP contribution in [0.2, 0.25) is 0 Å². The molecule has 0 heterocycles. The Kier molecular flexibility index (Phi) is 6.55. The third-order valence-electron chi connectivity index (χ3n) is 1.33. The standard InChI is InChI=1S/C8H11NO.C2H4O.H2/c1-7-2-4-8(5-3-7)9-6-10;1-2-3;/h2-5,9-10H,6H2,1H3;2H,1H3;1H. The second-order valence-electron chi connectivity index (χ2n) is 2.44. The summed E-state index contributed by atoms with van der Waals surface area (Å²) < 4.78 is 0. The predicted molar refractivity (Wildman–Crippen MR) is 55.7 cm³/mol. The molecule has 1 aromatic rings. The van der Waals surface area contributed by atoms with Gasteiger partial charge in [-0.1, -0.05) is 17.7 Å². The molecule has 2 N–H and O–H groups in total. The van der Waals surface area contributed by atoms with Crippen LogP contribution in [0.15, 0.2) is 24.3 Å². The molecule has 0 atom stereocenters. The third-order valence-corrected chi connectivity index (χ3v) is 1.33. The molecule has 0 aromatic heterocycles. The summed E-state index contributed by atoms with van der Waals surface area (Å²) in [4.78, 5) is 8.81. The number of carbonyl (C=O) groups is 1. The average Bonchev–Trinajstić information content (AvgIpc) is 2.11. The Morgan fingerprint density at radius 1 is 1.46 bits per heavy atom. The van der Waals surface area contributed by atoms with Crippen molar-refractivity contribution >= 4 is 12.0 Å². The highest BCUT2D eigenvalue weighted by Gasteiger charge is 1.86. The van der Waals surface area contributed by atoms with Crippen LogP contribution < -0.4 is 5.32 Å². The van der Waals surface area contributed by atoms with Crippen molar-refractivity contribution in [3.8, 4) is 0 Å². The molecule has 13 heavy (non-hydrogen) atoms. The summed E-state index contributed by atoms with van der Waals surface area (Å²) in [6.07, 6.45) is 0.750. The van der Waals surface area contributed by atoms with Crippen molar-refractivity contribution in [1.82, 2.24) is 0 Å². The Labute approximate surface area is 79.9 Å². The lowest BCUT2D eigenvalue weighted by Gasteiger charge is -2.00. The molecule has 0 saturated carbocycles. The molecular formula is C10H17NO2. The summed E-state index contributed by atoms with van der Waals surface area (Å²) >= 11 is 0. The fraction of sp³-hybridized carbons (Fsp3) is 0.300. The van der Waals surface area contributed by atoms with Gasteiger partial charge in [-0.25, -0.2) is 0 Å². The van der Waals surface area contributed by atoms with Crippen molar-refractivity contribution in [2.75, 3.05) is 12.0 Å². The number of aryl methyl sites for hydroxylation is 1. The number of hydrogen-bond acceptors (Lipinski definition) is 3. The summed E-state index contributed by atoms with van der Waals surface area (Å²) in [7, 11) is 0. The molecule has 3 nitrogen and oxygen atoms in total. The Morgan fingerprint density at radius 3 is 2.31 bits per heavy atom. The summed E-state index contributed by atoms with van der Waals surface area (Å²) in [5.41, 5.74) is 2.18. The Balaban J connectivity index is 0. The van der Waals surface area contributed by atoms with Gasteiger partial charge in [0.2, 0.25) is 0 Å². The molecule has 74 valence electrons. The van der Waals surface area contributed by atoms with E-state index in [0.29, 0.717) is 0 Å². The highest BCUT2D eigenvalue weighted by Crippen LogP contribution is 2.06. The van der Waals surface area contributed by atoms with Crippen molar-refractivity contribution in [2.24, 2.45) is 0 Å². The van der Waals surface area contributed by atoms with E-state index in [2.05, 4.69) is 5.32 Å². The maximum Gasteiger partial charge on any atom is 0.116 e. The normalized spacial score (nSPS) is 8.23. The minimum absolute atomic E-state index is 0. The number of aliphatic hydroxyl groups excluding tert-OH is 1. The summed E-state index contributed by atoms with van der Waals surface area (Å²) in [6.45, 7) is 3.46. The first-order chi connectivity index (χ1) is 6.24. The van der Waals surface area contributed by atoms with E-state index >= 15 is 0 Å². The van der Waals surface area contributed by atoms with E-state index in [1.165, 1.54) is 12.5 Å². The number of aldehydes is 1. The molecule has 1 rings (SSSR count). The lowest BCUT2D eigenvalue weighted by Crippen LogP contribution is -1.98. The van der Waals surface area contributed by atoms with Gasteiger partial charge in [0.25, 0.3) is 0 Å². The molecule has 0 aliphatic rings. The fourth-order valence-electron chi connectivity index (χ4n) is 0.763. The van der Waals surface area contributed by atoms with Gasteiger partial charge in [0.15, 0.2) is 0 Å². The largest absolute Gasteiger partial charge is 0.377 e. The van der Waals surface area contributed by atoms with Crippen LogP contribution in [0, 0.1) is 6.92 Å². The molecule has 0 aliphatic carbocycles. The van der Waals surface area contributed by atoms with Gasteiger partial charge < -0.3 is 15.2 Å². The molecule has 0 fully saturated rings. The highest BCUT2D eigenvalue weighted by molar-refractivity contribution is 5.44. The first kappa shape index (κ1) is 11.6. The van der Waals surface area contributed by atoms with Crippen LogP contribution in [0.4, 0.5) is 5.69 Å². The quantitative estimate of drug-likeness (QED) is 0.543. The lowest BCUT2D eigenvalue weighted by atomic mass is 10.2. The number of hydrogen-bond donors (Lipinski definition) is 2. The van der Waals surface area contributed by atoms with Gasteiger partial charge in [-0.15, -0.1) is 0 Å². The summed E-state index contributed by atoms with van der Waals surface area (Å²) in [5.74, 6) is 0. The molecule has 0 bridgehead atoms. The molecule has 0 radical (unpaired) electrons. The van der Waals surface area contributed by atoms with Gasteiger partial charge in [0.1, 0.15) is 13.0 Å². The van der Waals surface area contributed by atoms with E-state index in [1.54, 1.807) is 0 Å². The van der Waals surface area contributed by atoms with Crippen LogP contribution in [-0.4, -0.2) is 18.1 Å². The van der Waals surface area contributed by atoms with Gasteiger partial charge in [0, 0.05) is 7.11 Å². The van der Waals surface area contributed by atoms with E-state index < -0.39 is 0 Å². The van der Waals surface area contributed by atoms with Crippen LogP contribution in [0.3, 0.4) is 0 Å². The fourth-order valence-corrected chi connectivity index (χ4v) is 0.763. The first-order valence-corrected chi connectivity index (χ1v) is 4.05.